The van der Waals surface area contributed by atoms with Gasteiger partial charge in [0.15, 0.2) is 0 Å². The maximum atomic E-state index is 12.6. The zero-order chi connectivity index (χ0) is 23.8. The van der Waals surface area contributed by atoms with E-state index < -0.39 is 17.8 Å². The quantitative estimate of drug-likeness (QED) is 0.583. The molecule has 34 heavy (non-hydrogen) atoms. The minimum atomic E-state index is -4.44. The number of carbonyl (C=O) groups excluding carboxylic acids is 1. The van der Waals surface area contributed by atoms with Gasteiger partial charge in [-0.15, -0.1) is 0 Å². The van der Waals surface area contributed by atoms with Gasteiger partial charge >= 0.3 is 35.7 Å². The molecule has 3 aromatic rings. The van der Waals surface area contributed by atoms with E-state index in [1.165, 1.54) is 49.9 Å². The molecule has 2 aromatic heterocycles. The Morgan fingerprint density at radius 1 is 0.912 bits per heavy atom. The first-order valence-corrected chi connectivity index (χ1v) is 10.8. The standard InChI is InChI=1S/C23H22F3N3.C2H4O2.Na/c24-23(25,26)22-13-11-20(15-28-22)29-19-10-12-21(27-14-19)18-8-6-17(7-9-18)16-4-2-1-3-5-16;1-2(3)4;/h6-16,29H,1-5H2;1H3,(H,3,4);/q;;+1/p-1. The van der Waals surface area contributed by atoms with Crippen molar-refractivity contribution in [3.8, 4) is 11.3 Å². The third-order valence-electron chi connectivity index (χ3n) is 5.39. The Labute approximate surface area is 219 Å². The molecule has 1 N–H and O–H groups in total. The Morgan fingerprint density at radius 3 is 1.94 bits per heavy atom. The molecule has 0 unspecified atom stereocenters. The van der Waals surface area contributed by atoms with Crippen LogP contribution in [0.4, 0.5) is 24.5 Å². The number of carboxylic acid groups (broad SMARTS) is 1. The maximum Gasteiger partial charge on any atom is 1.00 e. The smallest absolute Gasteiger partial charge is 0.550 e. The van der Waals surface area contributed by atoms with Gasteiger partial charge in [0, 0.05) is 11.5 Å². The topological polar surface area (TPSA) is 77.9 Å². The molecule has 2 heterocycles. The van der Waals surface area contributed by atoms with E-state index >= 15 is 0 Å². The average molecular weight is 479 g/mol. The van der Waals surface area contributed by atoms with Crippen molar-refractivity contribution < 1.29 is 52.6 Å². The number of hydrogen-bond donors (Lipinski definition) is 1. The van der Waals surface area contributed by atoms with Crippen LogP contribution < -0.4 is 40.0 Å². The molecule has 4 rings (SSSR count). The maximum absolute atomic E-state index is 12.6. The number of benzene rings is 1. The normalized spacial score (nSPS) is 13.8. The van der Waals surface area contributed by atoms with Crippen molar-refractivity contribution in [3.63, 3.8) is 0 Å². The molecule has 5 nitrogen and oxygen atoms in total. The van der Waals surface area contributed by atoms with Gasteiger partial charge in [-0.1, -0.05) is 43.5 Å². The average Bonchev–Trinajstić information content (AvgIpc) is 2.80. The molecule has 0 amide bonds. The third kappa shape index (κ3) is 8.42. The van der Waals surface area contributed by atoms with E-state index in [4.69, 9.17) is 9.90 Å². The van der Waals surface area contributed by atoms with Gasteiger partial charge in [-0.2, -0.15) is 13.2 Å². The second kappa shape index (κ2) is 12.9. The van der Waals surface area contributed by atoms with Gasteiger partial charge in [0.2, 0.25) is 0 Å². The zero-order valence-corrected chi connectivity index (χ0v) is 21.2. The molecule has 174 valence electrons. The molecule has 1 aliphatic rings. The van der Waals surface area contributed by atoms with Crippen LogP contribution in [-0.4, -0.2) is 15.9 Å². The SMILES string of the molecule is CC(=O)[O-].FC(F)(F)c1ccc(Nc2ccc(-c3ccc(C4CCCCC4)cc3)nc2)cn1.[Na+]. The number of hydrogen-bond acceptors (Lipinski definition) is 5. The number of rotatable bonds is 4. The Bertz CT molecular complexity index is 1030. The van der Waals surface area contributed by atoms with Crippen LogP contribution in [0.1, 0.15) is 56.2 Å². The summed E-state index contributed by atoms with van der Waals surface area (Å²) in [5, 5.41) is 11.9. The fourth-order valence-electron chi connectivity index (χ4n) is 3.80. The second-order valence-electron chi connectivity index (χ2n) is 7.94. The van der Waals surface area contributed by atoms with Crippen molar-refractivity contribution in [1.82, 2.24) is 9.97 Å². The Morgan fingerprint density at radius 2 is 1.47 bits per heavy atom. The Hall–Kier alpha value is -2.42. The van der Waals surface area contributed by atoms with Crippen molar-refractivity contribution in [3.05, 3.63) is 72.2 Å². The monoisotopic (exact) mass is 479 g/mol. The molecular weight excluding hydrogens is 454 g/mol. The second-order valence-corrected chi connectivity index (χ2v) is 7.94. The van der Waals surface area contributed by atoms with Crippen molar-refractivity contribution >= 4 is 17.3 Å². The van der Waals surface area contributed by atoms with E-state index in [-0.39, 0.29) is 29.6 Å². The van der Waals surface area contributed by atoms with Gasteiger partial charge in [-0.05, 0) is 55.5 Å². The predicted molar refractivity (Wildman–Crippen MR) is 119 cm³/mol. The predicted octanol–water partition coefficient (Wildman–Crippen LogP) is 2.71. The van der Waals surface area contributed by atoms with Gasteiger partial charge < -0.3 is 15.2 Å². The zero-order valence-electron chi connectivity index (χ0n) is 19.2. The molecule has 1 fully saturated rings. The van der Waals surface area contributed by atoms with E-state index in [9.17, 15) is 13.2 Å². The van der Waals surface area contributed by atoms with E-state index in [0.29, 0.717) is 17.3 Å². The molecule has 9 heteroatoms. The minimum Gasteiger partial charge on any atom is -0.550 e. The summed E-state index contributed by atoms with van der Waals surface area (Å²) in [5.41, 5.74) is 3.57. The summed E-state index contributed by atoms with van der Waals surface area (Å²) in [5.74, 6) is -0.408. The number of nitrogens with zero attached hydrogens (tertiary/aromatic N) is 2. The summed E-state index contributed by atoms with van der Waals surface area (Å²) < 4.78 is 37.8. The van der Waals surface area contributed by atoms with Gasteiger partial charge in [-0.25, -0.2) is 4.98 Å². The van der Waals surface area contributed by atoms with Gasteiger partial charge in [0.05, 0.1) is 29.5 Å². The van der Waals surface area contributed by atoms with Crippen LogP contribution in [0.5, 0.6) is 0 Å². The van der Waals surface area contributed by atoms with E-state index in [2.05, 4.69) is 39.6 Å². The fourth-order valence-corrected chi connectivity index (χ4v) is 3.80. The van der Waals surface area contributed by atoms with Crippen LogP contribution in [0.15, 0.2) is 60.9 Å². The van der Waals surface area contributed by atoms with Crippen molar-refractivity contribution in [2.24, 2.45) is 0 Å². The summed E-state index contributed by atoms with van der Waals surface area (Å²) in [7, 11) is 0. The number of carbonyl (C=O) groups is 1. The van der Waals surface area contributed by atoms with Gasteiger partial charge in [0.1, 0.15) is 5.69 Å². The Balaban J connectivity index is 0.000000758. The van der Waals surface area contributed by atoms with E-state index in [0.717, 1.165) is 24.2 Å². The van der Waals surface area contributed by atoms with Gasteiger partial charge in [0.25, 0.3) is 0 Å². The molecule has 1 saturated carbocycles. The summed E-state index contributed by atoms with van der Waals surface area (Å²) in [6, 6.07) is 14.7. The van der Waals surface area contributed by atoms with E-state index in [1.807, 2.05) is 12.1 Å². The third-order valence-corrected chi connectivity index (χ3v) is 5.39. The molecule has 0 atom stereocenters. The first-order valence-electron chi connectivity index (χ1n) is 10.8. The molecule has 0 bridgehead atoms. The number of aromatic nitrogens is 2. The molecule has 1 aliphatic carbocycles. The number of anilines is 2. The molecule has 0 radical (unpaired) electrons. The van der Waals surface area contributed by atoms with Crippen molar-refractivity contribution in [2.45, 2.75) is 51.1 Å². The molecule has 0 aliphatic heterocycles. The minimum absolute atomic E-state index is 0. The molecular formula is C25H25F3N3NaO2. The number of pyridine rings is 2. The first kappa shape index (κ1) is 27.8. The molecule has 0 spiro atoms. The summed E-state index contributed by atoms with van der Waals surface area (Å²) >= 11 is 0. The van der Waals surface area contributed by atoms with E-state index in [1.54, 1.807) is 6.20 Å². The van der Waals surface area contributed by atoms with Crippen LogP contribution in [0.3, 0.4) is 0 Å². The number of halogens is 3. The number of nitrogens with one attached hydrogen (secondary N) is 1. The van der Waals surface area contributed by atoms with Crippen molar-refractivity contribution in [2.75, 3.05) is 5.32 Å². The first-order chi connectivity index (χ1) is 15.7. The largest absolute Gasteiger partial charge is 1.00 e. The number of aliphatic carboxylic acids is 1. The van der Waals surface area contributed by atoms with Crippen LogP contribution in [0, 0.1) is 0 Å². The summed E-state index contributed by atoms with van der Waals surface area (Å²) in [4.78, 5) is 16.8. The Kier molecular flexibility index (Phi) is 10.5. The molecule has 1 aromatic carbocycles. The summed E-state index contributed by atoms with van der Waals surface area (Å²) in [6.07, 6.45) is 4.93. The summed E-state index contributed by atoms with van der Waals surface area (Å²) in [6.45, 7) is 0.972. The van der Waals surface area contributed by atoms with Crippen LogP contribution in [0.25, 0.3) is 11.3 Å². The fraction of sp³-hybridized carbons (Fsp3) is 0.320. The van der Waals surface area contributed by atoms with Gasteiger partial charge in [-0.3, -0.25) is 4.98 Å². The number of carboxylic acids is 1. The number of alkyl halides is 3. The van der Waals surface area contributed by atoms with Crippen LogP contribution in [0.2, 0.25) is 0 Å². The van der Waals surface area contributed by atoms with Crippen LogP contribution in [-0.2, 0) is 11.0 Å². The molecule has 0 saturated heterocycles. The van der Waals surface area contributed by atoms with Crippen molar-refractivity contribution in [1.29, 1.82) is 0 Å². The van der Waals surface area contributed by atoms with Crippen LogP contribution >= 0.6 is 0 Å².